The number of nitriles is 1. The summed E-state index contributed by atoms with van der Waals surface area (Å²) in [5.41, 5.74) is -0.407. The minimum Gasteiger partial charge on any atom is -0.468 e. The lowest BCUT2D eigenvalue weighted by Gasteiger charge is -2.31. The van der Waals surface area contributed by atoms with Crippen LogP contribution in [0.15, 0.2) is 63.6 Å². The number of halogens is 4. The van der Waals surface area contributed by atoms with Crippen LogP contribution in [0, 0.1) is 17.2 Å². The van der Waals surface area contributed by atoms with E-state index in [0.717, 1.165) is 31.0 Å². The molecular weight excluding hydrogens is 551 g/mol. The van der Waals surface area contributed by atoms with E-state index < -0.39 is 41.4 Å². The summed E-state index contributed by atoms with van der Waals surface area (Å²) in [5.74, 6) is -4.79. The number of benzene rings is 2. The Morgan fingerprint density at radius 1 is 1.23 bits per heavy atom. The number of amides is 2. The highest BCUT2D eigenvalue weighted by atomic mass is 79.9. The van der Waals surface area contributed by atoms with E-state index in [1.54, 1.807) is 24.3 Å². The summed E-state index contributed by atoms with van der Waals surface area (Å²) in [7, 11) is 1.13. The third kappa shape index (κ3) is 6.23. The fourth-order valence-electron chi connectivity index (χ4n) is 3.49. The molecule has 35 heavy (non-hydrogen) atoms. The number of esters is 1. The predicted molar refractivity (Wildman–Crippen MR) is 126 cm³/mol. The highest BCUT2D eigenvalue weighted by Crippen LogP contribution is 2.40. The molecule has 2 aromatic rings. The molecule has 0 fully saturated rings. The number of methoxy groups -OCH3 is 1. The van der Waals surface area contributed by atoms with E-state index in [2.05, 4.69) is 26.6 Å². The van der Waals surface area contributed by atoms with Gasteiger partial charge in [0.15, 0.2) is 0 Å². The Labute approximate surface area is 210 Å². The first-order chi connectivity index (χ1) is 16.5. The molecule has 0 saturated heterocycles. The van der Waals surface area contributed by atoms with Crippen molar-refractivity contribution in [2.45, 2.75) is 12.1 Å². The Kier molecular flexibility index (Phi) is 8.24. The smallest absolute Gasteiger partial charge is 0.416 e. The van der Waals surface area contributed by atoms with Crippen LogP contribution in [0.2, 0.25) is 0 Å². The second kappa shape index (κ2) is 11.0. The first kappa shape index (κ1) is 26.3. The third-order valence-electron chi connectivity index (χ3n) is 5.01. The van der Waals surface area contributed by atoms with Crippen LogP contribution >= 0.6 is 27.7 Å². The molecule has 7 nitrogen and oxygen atoms in total. The number of allylic oxidation sites excluding steroid dienone is 1. The Morgan fingerprint density at radius 2 is 1.94 bits per heavy atom. The number of carbonyl (C=O) groups excluding carboxylic acids is 3. The molecule has 0 aromatic heterocycles. The number of alkyl halides is 3. The van der Waals surface area contributed by atoms with Crippen LogP contribution in [0.1, 0.15) is 17.0 Å². The van der Waals surface area contributed by atoms with E-state index in [9.17, 15) is 32.8 Å². The van der Waals surface area contributed by atoms with Gasteiger partial charge in [0.2, 0.25) is 11.8 Å². The standard InChI is InChI=1S/C23H17BrF3N3O4S/c1-34-22(33)19-18(12-4-2-6-14(24)8-12)16(10-28)21(30-20(19)32)35-11-17(31)29-15-7-3-5-13(9-15)23(25,26)27/h2-9,18-19H,11H2,1H3,(H,29,31)(H,30,32)/t18-,19-/m0/s1. The van der Waals surface area contributed by atoms with Crippen molar-refractivity contribution in [2.24, 2.45) is 5.92 Å². The summed E-state index contributed by atoms with van der Waals surface area (Å²) in [6.07, 6.45) is -4.56. The number of anilines is 1. The van der Waals surface area contributed by atoms with Crippen LogP contribution in [0.25, 0.3) is 0 Å². The van der Waals surface area contributed by atoms with E-state index in [1.807, 2.05) is 6.07 Å². The van der Waals surface area contributed by atoms with Crippen LogP contribution in [-0.2, 0) is 25.3 Å². The fourth-order valence-corrected chi connectivity index (χ4v) is 4.75. The van der Waals surface area contributed by atoms with Gasteiger partial charge in [-0.05, 0) is 35.9 Å². The van der Waals surface area contributed by atoms with Crippen molar-refractivity contribution in [3.05, 3.63) is 74.7 Å². The number of nitrogens with zero attached hydrogens (tertiary/aromatic N) is 1. The molecule has 1 aliphatic rings. The number of ether oxygens (including phenoxy) is 1. The third-order valence-corrected chi connectivity index (χ3v) is 6.52. The fraction of sp³-hybridized carbons (Fsp3) is 0.217. The summed E-state index contributed by atoms with van der Waals surface area (Å²) in [6.45, 7) is 0. The maximum absolute atomic E-state index is 12.9. The lowest BCUT2D eigenvalue weighted by Crippen LogP contribution is -2.44. The van der Waals surface area contributed by atoms with E-state index in [4.69, 9.17) is 4.74 Å². The molecule has 1 heterocycles. The molecule has 0 aliphatic carbocycles. The van der Waals surface area contributed by atoms with Gasteiger partial charge in [-0.25, -0.2) is 0 Å². The molecule has 0 radical (unpaired) electrons. The second-order valence-corrected chi connectivity index (χ2v) is 9.19. The highest BCUT2D eigenvalue weighted by Gasteiger charge is 2.44. The Balaban J connectivity index is 1.86. The first-order valence-electron chi connectivity index (χ1n) is 9.93. The van der Waals surface area contributed by atoms with E-state index >= 15 is 0 Å². The molecular formula is C23H17BrF3N3O4S. The highest BCUT2D eigenvalue weighted by molar-refractivity contribution is 9.10. The van der Waals surface area contributed by atoms with Crippen LogP contribution in [0.4, 0.5) is 18.9 Å². The number of thioether (sulfide) groups is 1. The number of hydrogen-bond donors (Lipinski definition) is 2. The molecule has 0 saturated carbocycles. The van der Waals surface area contributed by atoms with E-state index in [1.165, 1.54) is 12.1 Å². The van der Waals surface area contributed by atoms with E-state index in [-0.39, 0.29) is 22.0 Å². The zero-order chi connectivity index (χ0) is 25.8. The van der Waals surface area contributed by atoms with Gasteiger partial charge in [0.1, 0.15) is 5.92 Å². The van der Waals surface area contributed by atoms with Gasteiger partial charge < -0.3 is 15.4 Å². The molecule has 2 amide bonds. The van der Waals surface area contributed by atoms with Crippen molar-refractivity contribution < 1.29 is 32.3 Å². The van der Waals surface area contributed by atoms with Crippen molar-refractivity contribution in [3.8, 4) is 6.07 Å². The topological polar surface area (TPSA) is 108 Å². The molecule has 12 heteroatoms. The summed E-state index contributed by atoms with van der Waals surface area (Å²) in [4.78, 5) is 37.6. The summed E-state index contributed by atoms with van der Waals surface area (Å²) in [5, 5.41) is 14.8. The Bertz CT molecular complexity index is 1240. The van der Waals surface area contributed by atoms with Crippen molar-refractivity contribution >= 4 is 51.2 Å². The summed E-state index contributed by atoms with van der Waals surface area (Å²) < 4.78 is 44.1. The normalized spacial score (nSPS) is 17.9. The lowest BCUT2D eigenvalue weighted by molar-refractivity contribution is -0.150. The van der Waals surface area contributed by atoms with Gasteiger partial charge >= 0.3 is 12.1 Å². The van der Waals surface area contributed by atoms with E-state index in [0.29, 0.717) is 10.0 Å². The van der Waals surface area contributed by atoms with Crippen molar-refractivity contribution in [3.63, 3.8) is 0 Å². The van der Waals surface area contributed by atoms with Gasteiger partial charge in [0.25, 0.3) is 0 Å². The monoisotopic (exact) mass is 567 g/mol. The lowest BCUT2D eigenvalue weighted by atomic mass is 9.78. The predicted octanol–water partition coefficient (Wildman–Crippen LogP) is 4.58. The minimum atomic E-state index is -4.56. The van der Waals surface area contributed by atoms with Crippen molar-refractivity contribution in [1.29, 1.82) is 5.26 Å². The second-order valence-electron chi connectivity index (χ2n) is 7.29. The number of rotatable bonds is 6. The van der Waals surface area contributed by atoms with Gasteiger partial charge in [-0.3, -0.25) is 14.4 Å². The number of hydrogen-bond acceptors (Lipinski definition) is 6. The summed E-state index contributed by atoms with van der Waals surface area (Å²) in [6, 6.07) is 12.9. The number of carbonyl (C=O) groups is 3. The maximum atomic E-state index is 12.9. The van der Waals surface area contributed by atoms with Crippen LogP contribution in [0.3, 0.4) is 0 Å². The molecule has 1 aliphatic heterocycles. The zero-order valence-electron chi connectivity index (χ0n) is 18.0. The largest absolute Gasteiger partial charge is 0.468 e. The van der Waals surface area contributed by atoms with Crippen molar-refractivity contribution in [2.75, 3.05) is 18.2 Å². The van der Waals surface area contributed by atoms with Gasteiger partial charge in [-0.2, -0.15) is 18.4 Å². The molecule has 2 aromatic carbocycles. The zero-order valence-corrected chi connectivity index (χ0v) is 20.4. The molecule has 0 unspecified atom stereocenters. The average Bonchev–Trinajstić information content (AvgIpc) is 2.81. The van der Waals surface area contributed by atoms with Gasteiger partial charge in [0.05, 0.1) is 35.1 Å². The summed E-state index contributed by atoms with van der Waals surface area (Å²) >= 11 is 4.15. The first-order valence-corrected chi connectivity index (χ1v) is 11.7. The van der Waals surface area contributed by atoms with Crippen LogP contribution in [0.5, 0.6) is 0 Å². The molecule has 182 valence electrons. The van der Waals surface area contributed by atoms with Gasteiger partial charge in [-0.1, -0.05) is 45.9 Å². The van der Waals surface area contributed by atoms with Gasteiger partial charge in [0, 0.05) is 16.1 Å². The molecule has 2 atom stereocenters. The van der Waals surface area contributed by atoms with Gasteiger partial charge in [-0.15, -0.1) is 0 Å². The maximum Gasteiger partial charge on any atom is 0.416 e. The number of nitrogens with one attached hydrogen (secondary N) is 2. The molecule has 0 bridgehead atoms. The average molecular weight is 568 g/mol. The van der Waals surface area contributed by atoms with Crippen molar-refractivity contribution in [1.82, 2.24) is 5.32 Å². The Morgan fingerprint density at radius 3 is 2.57 bits per heavy atom. The minimum absolute atomic E-state index is 0.0506. The molecule has 2 N–H and O–H groups in total. The molecule has 0 spiro atoms. The quantitative estimate of drug-likeness (QED) is 0.391. The SMILES string of the molecule is COC(=O)[C@@H]1C(=O)NC(SCC(=O)Nc2cccc(C(F)(F)F)c2)=C(C#N)[C@@H]1c1cccc(Br)c1. The van der Waals surface area contributed by atoms with Crippen LogP contribution in [-0.4, -0.2) is 30.6 Å². The van der Waals surface area contributed by atoms with Crippen LogP contribution < -0.4 is 10.6 Å². The Hall–Kier alpha value is -3.30. The molecule has 3 rings (SSSR count).